The number of amides is 1. The predicted molar refractivity (Wildman–Crippen MR) is 120 cm³/mol. The maximum Gasteiger partial charge on any atom is 0.256 e. The molecule has 0 fully saturated rings. The summed E-state index contributed by atoms with van der Waals surface area (Å²) in [6.45, 7) is 0.846. The summed E-state index contributed by atoms with van der Waals surface area (Å²) < 4.78 is 5.31. The number of para-hydroxylation sites is 1. The number of benzene rings is 3. The lowest BCUT2D eigenvalue weighted by Crippen LogP contribution is -2.40. The van der Waals surface area contributed by atoms with Gasteiger partial charge in [-0.15, -0.1) is 0 Å². The average molecular weight is 396 g/mol. The topological polar surface area (TPSA) is 32.8 Å². The highest BCUT2D eigenvalue weighted by Gasteiger charge is 2.40. The van der Waals surface area contributed by atoms with E-state index in [2.05, 4.69) is 41.3 Å². The van der Waals surface area contributed by atoms with Gasteiger partial charge in [0.05, 0.1) is 13.2 Å². The van der Waals surface area contributed by atoms with Crippen LogP contribution in [0.1, 0.15) is 24.4 Å². The summed E-state index contributed by atoms with van der Waals surface area (Å²) in [4.78, 5) is 18.0. The van der Waals surface area contributed by atoms with Crippen LogP contribution in [0.4, 0.5) is 11.4 Å². The van der Waals surface area contributed by atoms with Gasteiger partial charge in [-0.2, -0.15) is 0 Å². The van der Waals surface area contributed by atoms with Gasteiger partial charge in [0.15, 0.2) is 0 Å². The van der Waals surface area contributed by atoms with Crippen LogP contribution in [-0.4, -0.2) is 19.6 Å². The second kappa shape index (κ2) is 7.71. The number of rotatable bonds is 4. The van der Waals surface area contributed by atoms with Gasteiger partial charge < -0.3 is 14.5 Å². The molecule has 0 radical (unpaired) electrons. The Morgan fingerprint density at radius 2 is 1.50 bits per heavy atom. The molecule has 0 aliphatic carbocycles. The summed E-state index contributed by atoms with van der Waals surface area (Å²) in [5.74, 6) is 0.893. The van der Waals surface area contributed by atoms with Crippen molar-refractivity contribution in [2.45, 2.75) is 18.9 Å². The molecule has 1 unspecified atom stereocenters. The molecular formula is C26H24N2O2. The van der Waals surface area contributed by atoms with Crippen LogP contribution < -0.4 is 14.5 Å². The first-order valence-corrected chi connectivity index (χ1v) is 10.3. The molecule has 5 rings (SSSR count). The second-order valence-corrected chi connectivity index (χ2v) is 7.67. The molecule has 0 N–H and O–H groups in total. The molecule has 1 amide bonds. The van der Waals surface area contributed by atoms with Gasteiger partial charge in [0.1, 0.15) is 5.75 Å². The number of methoxy groups -OCH3 is 1. The third-order valence-corrected chi connectivity index (χ3v) is 6.04. The van der Waals surface area contributed by atoms with Crippen LogP contribution in [0.2, 0.25) is 0 Å². The number of anilines is 2. The molecule has 2 aliphatic rings. The fourth-order valence-electron chi connectivity index (χ4n) is 4.57. The van der Waals surface area contributed by atoms with Gasteiger partial charge in [0.25, 0.3) is 5.91 Å². The Morgan fingerprint density at radius 1 is 0.833 bits per heavy atom. The van der Waals surface area contributed by atoms with E-state index in [1.54, 1.807) is 7.11 Å². The number of carbonyl (C=O) groups is 1. The second-order valence-electron chi connectivity index (χ2n) is 7.67. The quantitative estimate of drug-likeness (QED) is 0.597. The van der Waals surface area contributed by atoms with Gasteiger partial charge in [-0.05, 0) is 48.4 Å². The van der Waals surface area contributed by atoms with Crippen LogP contribution in [0.3, 0.4) is 0 Å². The Bertz CT molecular complexity index is 1080. The zero-order valence-electron chi connectivity index (χ0n) is 17.0. The van der Waals surface area contributed by atoms with E-state index in [4.69, 9.17) is 4.74 Å². The summed E-state index contributed by atoms with van der Waals surface area (Å²) in [6.07, 6.45) is 1.57. The van der Waals surface area contributed by atoms with Crippen LogP contribution in [0, 0.1) is 0 Å². The van der Waals surface area contributed by atoms with Crippen molar-refractivity contribution >= 4 is 17.3 Å². The molecule has 150 valence electrons. The lowest BCUT2D eigenvalue weighted by atomic mass is 9.92. The summed E-state index contributed by atoms with van der Waals surface area (Å²) >= 11 is 0. The summed E-state index contributed by atoms with van der Waals surface area (Å²) in [5.41, 5.74) is 5.29. The fourth-order valence-corrected chi connectivity index (χ4v) is 4.57. The lowest BCUT2D eigenvalue weighted by Gasteiger charge is -2.38. The van der Waals surface area contributed by atoms with E-state index < -0.39 is 0 Å². The van der Waals surface area contributed by atoms with E-state index in [0.29, 0.717) is 0 Å². The molecule has 2 heterocycles. The van der Waals surface area contributed by atoms with E-state index in [-0.39, 0.29) is 11.9 Å². The predicted octanol–water partition coefficient (Wildman–Crippen LogP) is 5.34. The minimum absolute atomic E-state index is 0.0462. The van der Waals surface area contributed by atoms with Crippen LogP contribution in [-0.2, 0) is 4.79 Å². The maximum absolute atomic E-state index is 13.7. The molecule has 0 saturated carbocycles. The van der Waals surface area contributed by atoms with E-state index >= 15 is 0 Å². The van der Waals surface area contributed by atoms with Crippen molar-refractivity contribution in [3.05, 3.63) is 102 Å². The van der Waals surface area contributed by atoms with Crippen molar-refractivity contribution in [3.8, 4) is 5.75 Å². The molecule has 0 aromatic heterocycles. The molecule has 4 heteroatoms. The largest absolute Gasteiger partial charge is 0.497 e. The molecule has 3 aromatic carbocycles. The summed E-state index contributed by atoms with van der Waals surface area (Å²) in [6, 6.07) is 28.4. The normalized spacial score (nSPS) is 18.6. The van der Waals surface area contributed by atoms with Gasteiger partial charge in [-0.25, -0.2) is 0 Å². The van der Waals surface area contributed by atoms with Gasteiger partial charge in [0.2, 0.25) is 0 Å². The van der Waals surface area contributed by atoms with Crippen molar-refractivity contribution in [2.75, 3.05) is 23.5 Å². The van der Waals surface area contributed by atoms with Gasteiger partial charge in [-0.1, -0.05) is 48.5 Å². The number of nitrogens with zero attached hydrogens (tertiary/aromatic N) is 2. The van der Waals surface area contributed by atoms with Crippen LogP contribution >= 0.6 is 0 Å². The molecular weight excluding hydrogens is 372 g/mol. The molecule has 3 aromatic rings. The van der Waals surface area contributed by atoms with Gasteiger partial charge in [0, 0.05) is 35.6 Å². The maximum atomic E-state index is 13.7. The molecule has 0 spiro atoms. The summed E-state index contributed by atoms with van der Waals surface area (Å²) in [7, 11) is 1.65. The molecule has 0 saturated heterocycles. The average Bonchev–Trinajstić information content (AvgIpc) is 3.25. The first kappa shape index (κ1) is 18.5. The number of hydrogen-bond acceptors (Lipinski definition) is 3. The minimum atomic E-state index is -0.0462. The summed E-state index contributed by atoms with van der Waals surface area (Å²) in [5, 5.41) is 0. The Labute approximate surface area is 177 Å². The standard InChI is InChI=1S/C26H24N2O2/c1-30-22-14-12-21(13-15-22)28-24(19-8-4-2-5-9-19)18-25-23(26(28)29)16-17-27(25)20-10-6-3-7-11-20/h2-15,24H,16-18H2,1H3. The highest BCUT2D eigenvalue weighted by atomic mass is 16.5. The van der Waals surface area contributed by atoms with E-state index in [1.807, 2.05) is 53.4 Å². The Balaban J connectivity index is 1.59. The lowest BCUT2D eigenvalue weighted by molar-refractivity contribution is -0.116. The van der Waals surface area contributed by atoms with E-state index in [9.17, 15) is 4.79 Å². The minimum Gasteiger partial charge on any atom is -0.497 e. The molecule has 4 nitrogen and oxygen atoms in total. The van der Waals surface area contributed by atoms with Crippen LogP contribution in [0.5, 0.6) is 5.75 Å². The Morgan fingerprint density at radius 3 is 2.17 bits per heavy atom. The Hall–Kier alpha value is -3.53. The van der Waals surface area contributed by atoms with Gasteiger partial charge in [-0.3, -0.25) is 4.79 Å². The number of hydrogen-bond donors (Lipinski definition) is 0. The molecule has 2 aliphatic heterocycles. The molecule has 0 bridgehead atoms. The SMILES string of the molecule is COc1ccc(N2C(=O)C3=C(CC2c2ccccc2)N(c2ccccc2)CC3)cc1. The monoisotopic (exact) mass is 396 g/mol. The smallest absolute Gasteiger partial charge is 0.256 e. The highest BCUT2D eigenvalue weighted by molar-refractivity contribution is 6.08. The highest BCUT2D eigenvalue weighted by Crippen LogP contribution is 2.44. The van der Waals surface area contributed by atoms with Crippen molar-refractivity contribution in [1.82, 2.24) is 0 Å². The van der Waals surface area contributed by atoms with Gasteiger partial charge >= 0.3 is 0 Å². The third-order valence-electron chi connectivity index (χ3n) is 6.04. The van der Waals surface area contributed by atoms with Crippen molar-refractivity contribution < 1.29 is 9.53 Å². The number of carbonyl (C=O) groups excluding carboxylic acids is 1. The van der Waals surface area contributed by atoms with Crippen molar-refractivity contribution in [1.29, 1.82) is 0 Å². The van der Waals surface area contributed by atoms with E-state index in [1.165, 1.54) is 0 Å². The van der Waals surface area contributed by atoms with Crippen LogP contribution in [0.15, 0.2) is 96.2 Å². The third kappa shape index (κ3) is 3.14. The fraction of sp³-hybridized carbons (Fsp3) is 0.192. The zero-order chi connectivity index (χ0) is 20.5. The molecule has 1 atom stereocenters. The zero-order valence-corrected chi connectivity index (χ0v) is 17.0. The van der Waals surface area contributed by atoms with Crippen molar-refractivity contribution in [3.63, 3.8) is 0 Å². The molecule has 30 heavy (non-hydrogen) atoms. The van der Waals surface area contributed by atoms with Crippen LogP contribution in [0.25, 0.3) is 0 Å². The first-order valence-electron chi connectivity index (χ1n) is 10.3. The van der Waals surface area contributed by atoms with E-state index in [0.717, 1.165) is 53.3 Å². The number of ether oxygens (including phenoxy) is 1. The first-order chi connectivity index (χ1) is 14.8. The van der Waals surface area contributed by atoms with Crippen molar-refractivity contribution in [2.24, 2.45) is 0 Å². The Kier molecular flexibility index (Phi) is 4.75.